The molecule has 3 aliphatic rings. The van der Waals surface area contributed by atoms with Crippen LogP contribution < -0.4 is 0 Å². The number of ether oxygens (including phenoxy) is 3. The molecule has 0 aliphatic carbocycles. The molecular weight excluding hydrogens is 180 g/mol. The lowest BCUT2D eigenvalue weighted by Crippen LogP contribution is -2.58. The van der Waals surface area contributed by atoms with Crippen LogP contribution in [0.1, 0.15) is 13.3 Å². The van der Waals surface area contributed by atoms with Gasteiger partial charge in [-0.05, 0) is 6.42 Å². The normalized spacial score (nSPS) is 40.9. The number of allylic oxidation sites excluding steroid dienone is 2. The summed E-state index contributed by atoms with van der Waals surface area (Å²) < 4.78 is 16.5. The molecule has 14 heavy (non-hydrogen) atoms. The Kier molecular flexibility index (Phi) is 2.26. The lowest BCUT2D eigenvalue weighted by atomic mass is 9.82. The Hall–Kier alpha value is -0.640. The smallest absolute Gasteiger partial charge is 0.279 e. The summed E-state index contributed by atoms with van der Waals surface area (Å²) in [7, 11) is 0. The second kappa shape index (κ2) is 3.19. The van der Waals surface area contributed by atoms with Crippen LogP contribution in [0.5, 0.6) is 0 Å². The summed E-state index contributed by atoms with van der Waals surface area (Å²) in [6.45, 7) is 11.4. The molecule has 2 bridgehead atoms. The molecule has 0 radical (unpaired) electrons. The molecule has 0 atom stereocenters. The van der Waals surface area contributed by atoms with Gasteiger partial charge in [0.15, 0.2) is 0 Å². The molecule has 3 rings (SSSR count). The second-order valence-corrected chi connectivity index (χ2v) is 4.27. The van der Waals surface area contributed by atoms with E-state index in [1.165, 1.54) is 0 Å². The zero-order valence-corrected chi connectivity index (χ0v) is 8.54. The van der Waals surface area contributed by atoms with Gasteiger partial charge in [-0.3, -0.25) is 0 Å². The first kappa shape index (κ1) is 9.90. The van der Waals surface area contributed by atoms with Crippen molar-refractivity contribution in [1.29, 1.82) is 0 Å². The van der Waals surface area contributed by atoms with Crippen LogP contribution >= 0.6 is 0 Å². The molecule has 0 N–H and O–H groups in total. The van der Waals surface area contributed by atoms with Gasteiger partial charge in [-0.1, -0.05) is 24.8 Å². The van der Waals surface area contributed by atoms with E-state index in [1.807, 2.05) is 0 Å². The van der Waals surface area contributed by atoms with Crippen LogP contribution in [0, 0.1) is 5.41 Å². The molecule has 78 valence electrons. The highest BCUT2D eigenvalue weighted by Crippen LogP contribution is 2.41. The van der Waals surface area contributed by atoms with Crippen molar-refractivity contribution < 1.29 is 14.2 Å². The number of hydrogen-bond donors (Lipinski definition) is 0. The Morgan fingerprint density at radius 1 is 1.29 bits per heavy atom. The lowest BCUT2D eigenvalue weighted by Gasteiger charge is -2.50. The van der Waals surface area contributed by atoms with E-state index < -0.39 is 5.97 Å². The highest BCUT2D eigenvalue weighted by molar-refractivity contribution is 5.14. The fourth-order valence-electron chi connectivity index (χ4n) is 1.81. The lowest BCUT2D eigenvalue weighted by molar-refractivity contribution is -0.459. The molecule has 0 amide bonds. The molecule has 3 aliphatic heterocycles. The van der Waals surface area contributed by atoms with Crippen molar-refractivity contribution in [2.45, 2.75) is 19.3 Å². The standard InChI is InChI=1S/C11H16O3/c1-4-9(2)5-11-6-12-10(3,13-7-11)14-8-11/h4H,1-2,5-8H2,3H3. The molecule has 0 unspecified atom stereocenters. The first-order chi connectivity index (χ1) is 6.58. The number of hydrogen-bond acceptors (Lipinski definition) is 3. The van der Waals surface area contributed by atoms with Crippen molar-refractivity contribution in [3.63, 3.8) is 0 Å². The predicted molar refractivity (Wildman–Crippen MR) is 52.6 cm³/mol. The van der Waals surface area contributed by atoms with E-state index in [2.05, 4.69) is 13.2 Å². The van der Waals surface area contributed by atoms with Gasteiger partial charge < -0.3 is 14.2 Å². The first-order valence-electron chi connectivity index (χ1n) is 4.80. The zero-order valence-electron chi connectivity index (χ0n) is 8.54. The quantitative estimate of drug-likeness (QED) is 0.645. The fourth-order valence-corrected chi connectivity index (χ4v) is 1.81. The Labute approximate surface area is 84.3 Å². The average molecular weight is 196 g/mol. The Morgan fingerprint density at radius 3 is 2.21 bits per heavy atom. The largest absolute Gasteiger partial charge is 0.327 e. The molecule has 3 nitrogen and oxygen atoms in total. The van der Waals surface area contributed by atoms with E-state index in [0.29, 0.717) is 19.8 Å². The van der Waals surface area contributed by atoms with Crippen molar-refractivity contribution in [2.24, 2.45) is 5.41 Å². The monoisotopic (exact) mass is 196 g/mol. The van der Waals surface area contributed by atoms with Gasteiger partial charge in [0.1, 0.15) is 0 Å². The van der Waals surface area contributed by atoms with Crippen molar-refractivity contribution in [3.05, 3.63) is 24.8 Å². The first-order valence-corrected chi connectivity index (χ1v) is 4.80. The van der Waals surface area contributed by atoms with Crippen molar-refractivity contribution in [2.75, 3.05) is 19.8 Å². The molecular formula is C11H16O3. The summed E-state index contributed by atoms with van der Waals surface area (Å²) in [5, 5.41) is 0. The molecule has 3 saturated heterocycles. The summed E-state index contributed by atoms with van der Waals surface area (Å²) in [5.74, 6) is -0.808. The zero-order chi connectivity index (χ0) is 10.2. The molecule has 0 aromatic heterocycles. The van der Waals surface area contributed by atoms with E-state index in [0.717, 1.165) is 12.0 Å². The number of rotatable bonds is 3. The van der Waals surface area contributed by atoms with Gasteiger partial charge in [0, 0.05) is 12.3 Å². The maximum atomic E-state index is 5.49. The maximum Gasteiger partial charge on any atom is 0.279 e. The highest BCUT2D eigenvalue weighted by Gasteiger charge is 2.49. The van der Waals surface area contributed by atoms with Gasteiger partial charge in [-0.25, -0.2) is 0 Å². The predicted octanol–water partition coefficient (Wildman–Crippen LogP) is 1.86. The minimum absolute atomic E-state index is 0.0525. The van der Waals surface area contributed by atoms with Crippen LogP contribution in [-0.4, -0.2) is 25.8 Å². The summed E-state index contributed by atoms with van der Waals surface area (Å²) in [5.41, 5.74) is 0.953. The molecule has 3 heterocycles. The van der Waals surface area contributed by atoms with Crippen LogP contribution in [-0.2, 0) is 14.2 Å². The van der Waals surface area contributed by atoms with Gasteiger partial charge in [0.2, 0.25) is 0 Å². The van der Waals surface area contributed by atoms with Crippen molar-refractivity contribution in [3.8, 4) is 0 Å². The third kappa shape index (κ3) is 1.63. The molecule has 0 spiro atoms. The van der Waals surface area contributed by atoms with Gasteiger partial charge in [0.25, 0.3) is 5.97 Å². The SMILES string of the molecule is C=CC(=C)CC12COC(C)(OC1)OC2. The summed E-state index contributed by atoms with van der Waals surface area (Å²) in [4.78, 5) is 0. The summed E-state index contributed by atoms with van der Waals surface area (Å²) >= 11 is 0. The Balaban J connectivity index is 2.05. The summed E-state index contributed by atoms with van der Waals surface area (Å²) in [6, 6.07) is 0. The Bertz CT molecular complexity index is 245. The van der Waals surface area contributed by atoms with Crippen molar-refractivity contribution >= 4 is 0 Å². The molecule has 0 aromatic rings. The minimum Gasteiger partial charge on any atom is -0.327 e. The highest BCUT2D eigenvalue weighted by atomic mass is 16.9. The topological polar surface area (TPSA) is 27.7 Å². The van der Waals surface area contributed by atoms with E-state index in [9.17, 15) is 0 Å². The van der Waals surface area contributed by atoms with Crippen LogP contribution in [0.2, 0.25) is 0 Å². The molecule has 3 heteroatoms. The summed E-state index contributed by atoms with van der Waals surface area (Å²) in [6.07, 6.45) is 2.60. The van der Waals surface area contributed by atoms with Crippen molar-refractivity contribution in [1.82, 2.24) is 0 Å². The maximum absolute atomic E-state index is 5.49. The van der Waals surface area contributed by atoms with Crippen LogP contribution in [0.4, 0.5) is 0 Å². The minimum atomic E-state index is -0.808. The van der Waals surface area contributed by atoms with E-state index in [-0.39, 0.29) is 5.41 Å². The second-order valence-electron chi connectivity index (χ2n) is 4.27. The van der Waals surface area contributed by atoms with Gasteiger partial charge in [-0.2, -0.15) is 0 Å². The molecule has 0 aromatic carbocycles. The Morgan fingerprint density at radius 2 is 1.79 bits per heavy atom. The van der Waals surface area contributed by atoms with Crippen LogP contribution in [0.3, 0.4) is 0 Å². The third-order valence-electron chi connectivity index (χ3n) is 2.81. The fraction of sp³-hybridized carbons (Fsp3) is 0.636. The van der Waals surface area contributed by atoms with E-state index >= 15 is 0 Å². The van der Waals surface area contributed by atoms with Gasteiger partial charge in [0.05, 0.1) is 19.8 Å². The number of fused-ring (bicyclic) bond motifs is 3. The van der Waals surface area contributed by atoms with Crippen LogP contribution in [0.25, 0.3) is 0 Å². The van der Waals surface area contributed by atoms with Crippen LogP contribution in [0.15, 0.2) is 24.8 Å². The molecule has 0 saturated carbocycles. The average Bonchev–Trinajstić information content (AvgIpc) is 2.20. The third-order valence-corrected chi connectivity index (χ3v) is 2.81. The molecule has 3 fully saturated rings. The van der Waals surface area contributed by atoms with Gasteiger partial charge >= 0.3 is 0 Å². The van der Waals surface area contributed by atoms with Gasteiger partial charge in [-0.15, -0.1) is 0 Å². The van der Waals surface area contributed by atoms with E-state index in [1.54, 1.807) is 13.0 Å². The van der Waals surface area contributed by atoms with E-state index in [4.69, 9.17) is 14.2 Å².